The summed E-state index contributed by atoms with van der Waals surface area (Å²) in [6, 6.07) is -1.53. The second kappa shape index (κ2) is 13.6. The summed E-state index contributed by atoms with van der Waals surface area (Å²) < 4.78 is 14.6. The minimum Gasteiger partial charge on any atom is -0.468 e. The average molecular weight is 360 g/mol. The normalized spacial score (nSPS) is 14.3. The lowest BCUT2D eigenvalue weighted by Crippen LogP contribution is -2.46. The van der Waals surface area contributed by atoms with Gasteiger partial charge in [0.25, 0.3) is 0 Å². The van der Waals surface area contributed by atoms with E-state index in [-0.39, 0.29) is 18.6 Å². The lowest BCUT2D eigenvalue weighted by molar-refractivity contribution is -0.148. The summed E-state index contributed by atoms with van der Waals surface area (Å²) in [6.45, 7) is 8.16. The second-order valence-electron chi connectivity index (χ2n) is 5.64. The number of ether oxygens (including phenoxy) is 3. The van der Waals surface area contributed by atoms with E-state index in [2.05, 4.69) is 10.6 Å². The average Bonchev–Trinajstić information content (AvgIpc) is 2.59. The number of nitrogens with one attached hydrogen (secondary N) is 2. The molecule has 146 valence electrons. The molecule has 0 radical (unpaired) electrons. The van der Waals surface area contributed by atoms with Gasteiger partial charge in [0.05, 0.1) is 20.3 Å². The van der Waals surface area contributed by atoms with E-state index in [1.54, 1.807) is 27.7 Å². The molecular weight excluding hydrogens is 328 g/mol. The molecule has 3 atom stereocenters. The molecule has 25 heavy (non-hydrogen) atoms. The van der Waals surface area contributed by atoms with Gasteiger partial charge in [0.15, 0.2) is 0 Å². The summed E-state index contributed by atoms with van der Waals surface area (Å²) in [5, 5.41) is 6.02. The number of esters is 3. The molecule has 0 bridgehead atoms. The number of carbonyl (C=O) groups excluding carboxylic acids is 3. The highest BCUT2D eigenvalue weighted by Gasteiger charge is 2.24. The summed E-state index contributed by atoms with van der Waals surface area (Å²) in [6.07, 6.45) is 2.02. The van der Waals surface area contributed by atoms with Crippen LogP contribution >= 0.6 is 0 Å². The fraction of sp³-hybridized carbons (Fsp3) is 0.824. The van der Waals surface area contributed by atoms with Crippen LogP contribution in [0.2, 0.25) is 0 Å². The van der Waals surface area contributed by atoms with Crippen LogP contribution in [0, 0.1) is 0 Å². The number of rotatable bonds is 13. The van der Waals surface area contributed by atoms with Gasteiger partial charge >= 0.3 is 17.9 Å². The molecular formula is C17H32N2O6. The highest BCUT2D eigenvalue weighted by Crippen LogP contribution is 2.05. The molecule has 8 nitrogen and oxygen atoms in total. The van der Waals surface area contributed by atoms with E-state index in [4.69, 9.17) is 14.2 Å². The molecule has 0 aliphatic carbocycles. The minimum atomic E-state index is -0.592. The van der Waals surface area contributed by atoms with Crippen LogP contribution in [-0.4, -0.2) is 62.9 Å². The van der Waals surface area contributed by atoms with Crippen LogP contribution in [0.5, 0.6) is 0 Å². The lowest BCUT2D eigenvalue weighted by Gasteiger charge is -2.20. The van der Waals surface area contributed by atoms with E-state index in [1.165, 1.54) is 7.11 Å². The van der Waals surface area contributed by atoms with Crippen LogP contribution in [0.25, 0.3) is 0 Å². The van der Waals surface area contributed by atoms with Crippen molar-refractivity contribution in [3.05, 3.63) is 0 Å². The Morgan fingerprint density at radius 2 is 1.44 bits per heavy atom. The standard InChI is InChI=1S/C17H32N2O6/c1-6-24-15(20)12(3)18-11-9-8-10-14(17(22)23-5)19-13(4)16(21)25-7-2/h12-14,18-19H,6-11H2,1-5H3/t12-,13+,14-/m0/s1. The molecule has 0 fully saturated rings. The molecule has 0 aromatic rings. The van der Waals surface area contributed by atoms with E-state index >= 15 is 0 Å². The molecule has 0 spiro atoms. The summed E-state index contributed by atoms with van der Waals surface area (Å²) in [7, 11) is 1.31. The van der Waals surface area contributed by atoms with Crippen molar-refractivity contribution in [2.75, 3.05) is 26.9 Å². The Hall–Kier alpha value is -1.67. The number of unbranched alkanes of at least 4 members (excludes halogenated alkanes) is 1. The first kappa shape index (κ1) is 23.3. The molecule has 0 amide bonds. The van der Waals surface area contributed by atoms with E-state index in [1.807, 2.05) is 0 Å². The molecule has 0 rings (SSSR count). The Labute approximate surface area is 150 Å². The van der Waals surface area contributed by atoms with Gasteiger partial charge in [0.1, 0.15) is 18.1 Å². The zero-order valence-electron chi connectivity index (χ0n) is 15.9. The molecule has 0 aromatic carbocycles. The summed E-state index contributed by atoms with van der Waals surface area (Å²) >= 11 is 0. The molecule has 0 aliphatic heterocycles. The molecule has 0 saturated carbocycles. The van der Waals surface area contributed by atoms with Crippen molar-refractivity contribution in [3.63, 3.8) is 0 Å². The monoisotopic (exact) mass is 360 g/mol. The second-order valence-corrected chi connectivity index (χ2v) is 5.64. The molecule has 0 unspecified atom stereocenters. The zero-order chi connectivity index (χ0) is 19.2. The summed E-state index contributed by atoms with van der Waals surface area (Å²) in [5.74, 6) is -1.09. The first-order chi connectivity index (χ1) is 11.9. The third kappa shape index (κ3) is 10.0. The highest BCUT2D eigenvalue weighted by molar-refractivity contribution is 5.79. The predicted octanol–water partition coefficient (Wildman–Crippen LogP) is 0.781. The number of methoxy groups -OCH3 is 1. The van der Waals surface area contributed by atoms with E-state index in [0.717, 1.165) is 12.8 Å². The quantitative estimate of drug-likeness (QED) is 0.282. The van der Waals surface area contributed by atoms with E-state index < -0.39 is 24.0 Å². The van der Waals surface area contributed by atoms with Crippen molar-refractivity contribution < 1.29 is 28.6 Å². The van der Waals surface area contributed by atoms with Gasteiger partial charge in [-0.1, -0.05) is 6.42 Å². The molecule has 2 N–H and O–H groups in total. The molecule has 0 heterocycles. The molecule has 0 aromatic heterocycles. The Morgan fingerprint density at radius 1 is 0.880 bits per heavy atom. The van der Waals surface area contributed by atoms with Crippen molar-refractivity contribution >= 4 is 17.9 Å². The van der Waals surface area contributed by atoms with Gasteiger partial charge in [-0.05, 0) is 47.1 Å². The van der Waals surface area contributed by atoms with Crippen molar-refractivity contribution in [1.29, 1.82) is 0 Å². The smallest absolute Gasteiger partial charge is 0.322 e. The van der Waals surface area contributed by atoms with Gasteiger partial charge in [-0.3, -0.25) is 19.7 Å². The first-order valence-electron chi connectivity index (χ1n) is 8.77. The van der Waals surface area contributed by atoms with Crippen LogP contribution in [0.15, 0.2) is 0 Å². The number of hydrogen-bond acceptors (Lipinski definition) is 8. The van der Waals surface area contributed by atoms with Gasteiger partial charge in [-0.2, -0.15) is 0 Å². The third-order valence-corrected chi connectivity index (χ3v) is 3.59. The summed E-state index contributed by atoms with van der Waals surface area (Å²) in [5.41, 5.74) is 0. The Bertz CT molecular complexity index is 416. The SMILES string of the molecule is CCOC(=O)[C@H](C)NCCCC[C@H](N[C@H](C)C(=O)OCC)C(=O)OC. The van der Waals surface area contributed by atoms with Gasteiger partial charge in [-0.25, -0.2) is 0 Å². The van der Waals surface area contributed by atoms with Crippen molar-refractivity contribution in [3.8, 4) is 0 Å². The Kier molecular flexibility index (Phi) is 12.7. The zero-order valence-corrected chi connectivity index (χ0v) is 15.9. The van der Waals surface area contributed by atoms with Crippen LogP contribution < -0.4 is 10.6 Å². The van der Waals surface area contributed by atoms with E-state index in [0.29, 0.717) is 19.6 Å². The Morgan fingerprint density at radius 3 is 1.96 bits per heavy atom. The third-order valence-electron chi connectivity index (χ3n) is 3.59. The van der Waals surface area contributed by atoms with Gasteiger partial charge in [0, 0.05) is 0 Å². The van der Waals surface area contributed by atoms with Crippen molar-refractivity contribution in [2.45, 2.75) is 65.1 Å². The highest BCUT2D eigenvalue weighted by atomic mass is 16.5. The van der Waals surface area contributed by atoms with Gasteiger partial charge in [0.2, 0.25) is 0 Å². The minimum absolute atomic E-state index is 0.278. The number of carbonyl (C=O) groups is 3. The Balaban J connectivity index is 4.22. The fourth-order valence-electron chi connectivity index (χ4n) is 2.19. The predicted molar refractivity (Wildman–Crippen MR) is 93.0 cm³/mol. The lowest BCUT2D eigenvalue weighted by atomic mass is 10.1. The summed E-state index contributed by atoms with van der Waals surface area (Å²) in [4.78, 5) is 35.0. The van der Waals surface area contributed by atoms with Crippen LogP contribution in [0.1, 0.15) is 47.0 Å². The van der Waals surface area contributed by atoms with Crippen LogP contribution in [-0.2, 0) is 28.6 Å². The van der Waals surface area contributed by atoms with Gasteiger partial charge in [-0.15, -0.1) is 0 Å². The van der Waals surface area contributed by atoms with Crippen molar-refractivity contribution in [1.82, 2.24) is 10.6 Å². The van der Waals surface area contributed by atoms with Gasteiger partial charge < -0.3 is 19.5 Å². The fourth-order valence-corrected chi connectivity index (χ4v) is 2.19. The van der Waals surface area contributed by atoms with E-state index in [9.17, 15) is 14.4 Å². The van der Waals surface area contributed by atoms with Crippen molar-refractivity contribution in [2.24, 2.45) is 0 Å². The largest absolute Gasteiger partial charge is 0.468 e. The van der Waals surface area contributed by atoms with Crippen LogP contribution in [0.4, 0.5) is 0 Å². The van der Waals surface area contributed by atoms with Crippen LogP contribution in [0.3, 0.4) is 0 Å². The molecule has 0 saturated heterocycles. The maximum absolute atomic E-state index is 11.8. The topological polar surface area (TPSA) is 103 Å². The maximum Gasteiger partial charge on any atom is 0.322 e. The molecule has 8 heteroatoms. The number of hydrogen-bond donors (Lipinski definition) is 2. The first-order valence-corrected chi connectivity index (χ1v) is 8.77. The molecule has 0 aliphatic rings. The maximum atomic E-state index is 11.8.